The Bertz CT molecular complexity index is 466. The maximum absolute atomic E-state index is 10.1. The molecule has 1 atom stereocenters. The van der Waals surface area contributed by atoms with Crippen LogP contribution in [0.15, 0.2) is 40.2 Å². The van der Waals surface area contributed by atoms with Crippen molar-refractivity contribution in [1.82, 2.24) is 0 Å². The van der Waals surface area contributed by atoms with E-state index in [1.807, 2.05) is 35.7 Å². The van der Waals surface area contributed by atoms with Crippen molar-refractivity contribution in [3.63, 3.8) is 0 Å². The summed E-state index contributed by atoms with van der Waals surface area (Å²) in [5.74, 6) is 0. The Kier molecular flexibility index (Phi) is 4.03. The van der Waals surface area contributed by atoms with Gasteiger partial charge in [0.2, 0.25) is 0 Å². The average molecular weight is 318 g/mol. The third-order valence-electron chi connectivity index (χ3n) is 2.29. The highest BCUT2D eigenvalue weighted by atomic mass is 79.9. The first-order valence-electron chi connectivity index (χ1n) is 4.82. The summed E-state index contributed by atoms with van der Waals surface area (Å²) < 4.78 is 0.971. The largest absolute Gasteiger partial charge is 0.387 e. The molecule has 2 rings (SSSR count). The van der Waals surface area contributed by atoms with Gasteiger partial charge in [-0.3, -0.25) is 0 Å². The van der Waals surface area contributed by atoms with E-state index in [1.54, 1.807) is 11.3 Å². The molecule has 1 heterocycles. The monoisotopic (exact) mass is 316 g/mol. The minimum absolute atomic E-state index is 0.462. The van der Waals surface area contributed by atoms with Crippen molar-refractivity contribution >= 4 is 38.9 Å². The maximum atomic E-state index is 10.1. The number of aliphatic hydroxyl groups excluding tert-OH is 1. The molecule has 0 bridgehead atoms. The van der Waals surface area contributed by atoms with Gasteiger partial charge in [-0.25, -0.2) is 0 Å². The van der Waals surface area contributed by atoms with Crippen LogP contribution < -0.4 is 0 Å². The predicted molar refractivity (Wildman–Crippen MR) is 72.1 cm³/mol. The van der Waals surface area contributed by atoms with Gasteiger partial charge in [-0.2, -0.15) is 0 Å². The van der Waals surface area contributed by atoms with E-state index in [9.17, 15) is 5.11 Å². The zero-order valence-corrected chi connectivity index (χ0v) is 11.5. The third kappa shape index (κ3) is 2.86. The highest BCUT2D eigenvalue weighted by Gasteiger charge is 2.13. The maximum Gasteiger partial charge on any atom is 0.0933 e. The van der Waals surface area contributed by atoms with Gasteiger partial charge >= 0.3 is 0 Å². The number of halogens is 2. The second kappa shape index (κ2) is 5.32. The topological polar surface area (TPSA) is 20.2 Å². The standard InChI is InChI=1S/C12H10BrClOS/c13-10-5-6-16-12(10)11(15)7-8-1-3-9(14)4-2-8/h1-6,11,15H,7H2. The lowest BCUT2D eigenvalue weighted by Gasteiger charge is -2.09. The number of rotatable bonds is 3. The molecule has 1 nitrogen and oxygen atoms in total. The van der Waals surface area contributed by atoms with E-state index in [-0.39, 0.29) is 0 Å². The molecule has 84 valence electrons. The van der Waals surface area contributed by atoms with Crippen LogP contribution in [0.3, 0.4) is 0 Å². The molecule has 2 aromatic rings. The number of hydrogen-bond donors (Lipinski definition) is 1. The summed E-state index contributed by atoms with van der Waals surface area (Å²) in [4.78, 5) is 0.968. The van der Waals surface area contributed by atoms with Gasteiger partial charge in [-0.05, 0) is 45.1 Å². The number of aliphatic hydroxyl groups is 1. The van der Waals surface area contributed by atoms with Gasteiger partial charge in [0.05, 0.1) is 6.10 Å². The fraction of sp³-hybridized carbons (Fsp3) is 0.167. The molecule has 0 saturated carbocycles. The van der Waals surface area contributed by atoms with Crippen molar-refractivity contribution in [2.24, 2.45) is 0 Å². The van der Waals surface area contributed by atoms with Crippen LogP contribution in [0.5, 0.6) is 0 Å². The highest BCUT2D eigenvalue weighted by molar-refractivity contribution is 9.10. The van der Waals surface area contributed by atoms with E-state index in [2.05, 4.69) is 15.9 Å². The first-order chi connectivity index (χ1) is 7.66. The summed E-state index contributed by atoms with van der Waals surface area (Å²) in [6.45, 7) is 0. The number of hydrogen-bond acceptors (Lipinski definition) is 2. The van der Waals surface area contributed by atoms with Crippen molar-refractivity contribution in [3.8, 4) is 0 Å². The third-order valence-corrected chi connectivity index (χ3v) is 4.51. The Morgan fingerprint density at radius 2 is 1.94 bits per heavy atom. The Hall–Kier alpha value is -0.350. The van der Waals surface area contributed by atoms with E-state index in [0.29, 0.717) is 6.42 Å². The number of benzene rings is 1. The smallest absolute Gasteiger partial charge is 0.0933 e. The van der Waals surface area contributed by atoms with Crippen LogP contribution in [0.2, 0.25) is 5.02 Å². The summed E-state index contributed by atoms with van der Waals surface area (Å²) in [5, 5.41) is 12.7. The van der Waals surface area contributed by atoms with Crippen LogP contribution in [0, 0.1) is 0 Å². The zero-order valence-electron chi connectivity index (χ0n) is 8.36. The van der Waals surface area contributed by atoms with Gasteiger partial charge in [0.25, 0.3) is 0 Å². The van der Waals surface area contributed by atoms with E-state index < -0.39 is 6.10 Å². The van der Waals surface area contributed by atoms with E-state index in [0.717, 1.165) is 19.9 Å². The summed E-state index contributed by atoms with van der Waals surface area (Å²) in [7, 11) is 0. The first-order valence-corrected chi connectivity index (χ1v) is 6.87. The van der Waals surface area contributed by atoms with Crippen LogP contribution in [-0.4, -0.2) is 5.11 Å². The minimum Gasteiger partial charge on any atom is -0.387 e. The molecule has 16 heavy (non-hydrogen) atoms. The predicted octanol–water partition coefficient (Wildman–Crippen LogP) is 4.44. The molecule has 0 radical (unpaired) electrons. The van der Waals surface area contributed by atoms with Crippen LogP contribution >= 0.6 is 38.9 Å². The molecule has 0 aliphatic carbocycles. The van der Waals surface area contributed by atoms with Gasteiger partial charge in [0, 0.05) is 20.8 Å². The quantitative estimate of drug-likeness (QED) is 0.887. The normalized spacial score (nSPS) is 12.7. The van der Waals surface area contributed by atoms with Crippen LogP contribution in [-0.2, 0) is 6.42 Å². The summed E-state index contributed by atoms with van der Waals surface area (Å²) in [6.07, 6.45) is 0.145. The molecule has 0 fully saturated rings. The molecule has 0 aliphatic heterocycles. The van der Waals surface area contributed by atoms with Gasteiger partial charge in [0.1, 0.15) is 0 Å². The molecular weight excluding hydrogens is 308 g/mol. The van der Waals surface area contributed by atoms with Gasteiger partial charge < -0.3 is 5.11 Å². The lowest BCUT2D eigenvalue weighted by molar-refractivity contribution is 0.181. The van der Waals surface area contributed by atoms with Crippen molar-refractivity contribution in [1.29, 1.82) is 0 Å². The van der Waals surface area contributed by atoms with Crippen molar-refractivity contribution in [2.45, 2.75) is 12.5 Å². The SMILES string of the molecule is OC(Cc1ccc(Cl)cc1)c1sccc1Br. The van der Waals surface area contributed by atoms with Gasteiger partial charge in [0.15, 0.2) is 0 Å². The second-order valence-corrected chi connectivity index (χ2v) is 5.72. The van der Waals surface area contributed by atoms with Crippen LogP contribution in [0.4, 0.5) is 0 Å². The van der Waals surface area contributed by atoms with Crippen molar-refractivity contribution in [2.75, 3.05) is 0 Å². The summed E-state index contributed by atoms with van der Waals surface area (Å²) in [5.41, 5.74) is 1.08. The zero-order chi connectivity index (χ0) is 11.5. The first kappa shape index (κ1) is 12.1. The Labute approximate surface area is 112 Å². The van der Waals surface area contributed by atoms with E-state index in [4.69, 9.17) is 11.6 Å². The van der Waals surface area contributed by atoms with Gasteiger partial charge in [-0.1, -0.05) is 23.7 Å². The fourth-order valence-corrected chi connectivity index (χ4v) is 3.23. The highest BCUT2D eigenvalue weighted by Crippen LogP contribution is 2.31. The van der Waals surface area contributed by atoms with Crippen LogP contribution in [0.1, 0.15) is 16.5 Å². The second-order valence-electron chi connectivity index (χ2n) is 3.48. The Morgan fingerprint density at radius 1 is 1.25 bits per heavy atom. The molecule has 0 saturated heterocycles. The minimum atomic E-state index is -0.462. The van der Waals surface area contributed by atoms with Crippen molar-refractivity contribution in [3.05, 3.63) is 55.6 Å². The van der Waals surface area contributed by atoms with E-state index in [1.165, 1.54) is 0 Å². The molecule has 4 heteroatoms. The van der Waals surface area contributed by atoms with Crippen LogP contribution in [0.25, 0.3) is 0 Å². The van der Waals surface area contributed by atoms with E-state index >= 15 is 0 Å². The Morgan fingerprint density at radius 3 is 2.50 bits per heavy atom. The summed E-state index contributed by atoms with van der Waals surface area (Å²) >= 11 is 10.8. The molecule has 0 amide bonds. The molecule has 1 N–H and O–H groups in total. The molecule has 0 spiro atoms. The average Bonchev–Trinajstić information content (AvgIpc) is 2.68. The lowest BCUT2D eigenvalue weighted by atomic mass is 10.1. The molecule has 0 aliphatic rings. The fourth-order valence-electron chi connectivity index (χ4n) is 1.48. The number of thiophene rings is 1. The van der Waals surface area contributed by atoms with Gasteiger partial charge in [-0.15, -0.1) is 11.3 Å². The molecule has 1 aromatic heterocycles. The molecular formula is C12H10BrClOS. The molecule has 1 aromatic carbocycles. The van der Waals surface area contributed by atoms with Crippen molar-refractivity contribution < 1.29 is 5.11 Å². The summed E-state index contributed by atoms with van der Waals surface area (Å²) in [6, 6.07) is 9.51. The Balaban J connectivity index is 2.10. The molecule has 1 unspecified atom stereocenters. The lowest BCUT2D eigenvalue weighted by Crippen LogP contribution is -1.99.